The molecule has 0 aromatic rings. The van der Waals surface area contributed by atoms with Gasteiger partial charge in [-0.25, -0.2) is 0 Å². The van der Waals surface area contributed by atoms with E-state index in [0.717, 1.165) is 25.9 Å². The summed E-state index contributed by atoms with van der Waals surface area (Å²) in [6.07, 6.45) is 1.68. The van der Waals surface area contributed by atoms with Crippen LogP contribution in [0.1, 0.15) is 12.8 Å². The van der Waals surface area contributed by atoms with Crippen LogP contribution in [0.4, 0.5) is 0 Å². The number of nitrogens with zero attached hydrogens (tertiary/aromatic N) is 1. The molecule has 0 saturated carbocycles. The molecule has 0 aliphatic carbocycles. The first-order valence-corrected chi connectivity index (χ1v) is 7.13. The summed E-state index contributed by atoms with van der Waals surface area (Å²) in [6.45, 7) is 3.20. The van der Waals surface area contributed by atoms with Gasteiger partial charge in [0, 0.05) is 12.8 Å². The maximum absolute atomic E-state index is 10.7. The minimum atomic E-state index is -3.89. The van der Waals surface area contributed by atoms with E-state index in [4.69, 9.17) is 16.0 Å². The summed E-state index contributed by atoms with van der Waals surface area (Å²) < 4.78 is 30.8. The van der Waals surface area contributed by atoms with Crippen molar-refractivity contribution in [3.05, 3.63) is 0 Å². The lowest BCUT2D eigenvalue weighted by Crippen LogP contribution is -2.49. The molecule has 0 aromatic carbocycles. The Morgan fingerprint density at radius 1 is 1.06 bits per heavy atom. The average molecular weight is 254 g/mol. The maximum atomic E-state index is 10.7. The standard InChI is InChI=1S/C9H23N3O3S/c1-12(6-2-4-10,7-3-5-11)8-9-16(13,14)15/h2-11H2,1H3/p+1. The van der Waals surface area contributed by atoms with Gasteiger partial charge in [-0.3, -0.25) is 4.55 Å². The van der Waals surface area contributed by atoms with Gasteiger partial charge in [-0.1, -0.05) is 0 Å². The second kappa shape index (κ2) is 7.18. The fourth-order valence-electron chi connectivity index (χ4n) is 1.62. The van der Waals surface area contributed by atoms with Crippen molar-refractivity contribution in [3.63, 3.8) is 0 Å². The molecule has 98 valence electrons. The molecule has 0 rings (SSSR count). The van der Waals surface area contributed by atoms with Crippen LogP contribution in [0, 0.1) is 0 Å². The molecule has 0 aromatic heterocycles. The summed E-state index contributed by atoms with van der Waals surface area (Å²) in [5.74, 6) is -0.210. The van der Waals surface area contributed by atoms with E-state index in [1.807, 2.05) is 7.05 Å². The molecule has 0 bridgehead atoms. The quantitative estimate of drug-likeness (QED) is 0.362. The van der Waals surface area contributed by atoms with Crippen LogP contribution in [0.15, 0.2) is 0 Å². The summed E-state index contributed by atoms with van der Waals surface area (Å²) in [7, 11) is -1.92. The van der Waals surface area contributed by atoms with Crippen molar-refractivity contribution in [2.24, 2.45) is 11.5 Å². The number of nitrogens with two attached hydrogens (primary N) is 2. The summed E-state index contributed by atoms with van der Waals surface area (Å²) in [5.41, 5.74) is 10.9. The number of hydrogen-bond donors (Lipinski definition) is 3. The first-order chi connectivity index (χ1) is 7.33. The third-order valence-corrected chi connectivity index (χ3v) is 3.39. The van der Waals surface area contributed by atoms with Gasteiger partial charge in [0.25, 0.3) is 10.1 Å². The zero-order valence-corrected chi connectivity index (χ0v) is 10.7. The Morgan fingerprint density at radius 3 is 1.81 bits per heavy atom. The number of rotatable bonds is 9. The average Bonchev–Trinajstić information content (AvgIpc) is 2.20. The van der Waals surface area contributed by atoms with Gasteiger partial charge in [0.1, 0.15) is 5.75 Å². The van der Waals surface area contributed by atoms with E-state index in [2.05, 4.69) is 0 Å². The predicted molar refractivity (Wildman–Crippen MR) is 64.5 cm³/mol. The number of quaternary nitrogens is 1. The van der Waals surface area contributed by atoms with Crippen LogP contribution in [-0.2, 0) is 10.1 Å². The lowest BCUT2D eigenvalue weighted by molar-refractivity contribution is -0.907. The Bertz CT molecular complexity index is 272. The van der Waals surface area contributed by atoms with E-state index < -0.39 is 10.1 Å². The lowest BCUT2D eigenvalue weighted by atomic mass is 10.2. The molecule has 0 spiro atoms. The second-order valence-electron chi connectivity index (χ2n) is 4.36. The highest BCUT2D eigenvalue weighted by atomic mass is 32.2. The van der Waals surface area contributed by atoms with E-state index in [1.54, 1.807) is 0 Å². The van der Waals surface area contributed by atoms with Crippen LogP contribution in [-0.4, -0.2) is 63.0 Å². The van der Waals surface area contributed by atoms with E-state index >= 15 is 0 Å². The van der Waals surface area contributed by atoms with Crippen molar-refractivity contribution < 1.29 is 17.5 Å². The summed E-state index contributed by atoms with van der Waals surface area (Å²) in [6, 6.07) is 0. The molecule has 0 atom stereocenters. The molecule has 16 heavy (non-hydrogen) atoms. The molecule has 0 saturated heterocycles. The SMILES string of the molecule is C[N+](CCCN)(CCCN)CCS(=O)(=O)O. The van der Waals surface area contributed by atoms with Gasteiger partial charge in [-0.2, -0.15) is 8.42 Å². The first-order valence-electron chi connectivity index (χ1n) is 5.52. The van der Waals surface area contributed by atoms with Crippen LogP contribution < -0.4 is 11.5 Å². The largest absolute Gasteiger partial charge is 0.330 e. The van der Waals surface area contributed by atoms with Gasteiger partial charge in [0.05, 0.1) is 26.7 Å². The fraction of sp³-hybridized carbons (Fsp3) is 1.00. The lowest BCUT2D eigenvalue weighted by Gasteiger charge is -2.34. The molecular formula is C9H24N3O3S+. The first kappa shape index (κ1) is 15.8. The zero-order chi connectivity index (χ0) is 12.7. The Morgan fingerprint density at radius 2 is 1.50 bits per heavy atom. The maximum Gasteiger partial charge on any atom is 0.270 e. The van der Waals surface area contributed by atoms with E-state index in [0.29, 0.717) is 24.1 Å². The third-order valence-electron chi connectivity index (χ3n) is 2.69. The molecule has 0 amide bonds. The van der Waals surface area contributed by atoms with E-state index in [1.165, 1.54) is 0 Å². The predicted octanol–water partition coefficient (Wildman–Crippen LogP) is -0.982. The van der Waals surface area contributed by atoms with Gasteiger partial charge in [-0.15, -0.1) is 0 Å². The monoisotopic (exact) mass is 254 g/mol. The summed E-state index contributed by atoms with van der Waals surface area (Å²) >= 11 is 0. The van der Waals surface area contributed by atoms with Crippen molar-refractivity contribution in [2.45, 2.75) is 12.8 Å². The number of hydrogen-bond acceptors (Lipinski definition) is 4. The van der Waals surface area contributed by atoms with Gasteiger partial charge < -0.3 is 16.0 Å². The van der Waals surface area contributed by atoms with Crippen molar-refractivity contribution in [1.82, 2.24) is 0 Å². The highest BCUT2D eigenvalue weighted by molar-refractivity contribution is 7.85. The Hall–Kier alpha value is -0.210. The smallest absolute Gasteiger partial charge is 0.270 e. The molecule has 0 fully saturated rings. The highest BCUT2D eigenvalue weighted by Crippen LogP contribution is 2.06. The molecule has 0 heterocycles. The fourth-order valence-corrected chi connectivity index (χ4v) is 2.29. The van der Waals surface area contributed by atoms with E-state index in [9.17, 15) is 8.42 Å². The topological polar surface area (TPSA) is 106 Å². The van der Waals surface area contributed by atoms with Crippen LogP contribution >= 0.6 is 0 Å². The van der Waals surface area contributed by atoms with Crippen LogP contribution in [0.3, 0.4) is 0 Å². The van der Waals surface area contributed by atoms with Crippen molar-refractivity contribution in [2.75, 3.05) is 45.5 Å². The van der Waals surface area contributed by atoms with Gasteiger partial charge in [-0.05, 0) is 13.1 Å². The van der Waals surface area contributed by atoms with Gasteiger partial charge in [0.2, 0.25) is 0 Å². The molecule has 5 N–H and O–H groups in total. The summed E-state index contributed by atoms with van der Waals surface area (Å²) in [4.78, 5) is 0. The minimum absolute atomic E-state index is 0.210. The van der Waals surface area contributed by atoms with Crippen molar-refractivity contribution >= 4 is 10.1 Å². The third kappa shape index (κ3) is 8.00. The van der Waals surface area contributed by atoms with Crippen LogP contribution in [0.25, 0.3) is 0 Å². The Labute approximate surface area is 97.9 Å². The molecule has 0 aliphatic rings. The van der Waals surface area contributed by atoms with Gasteiger partial charge in [0.15, 0.2) is 0 Å². The Balaban J connectivity index is 4.28. The molecule has 0 aliphatic heterocycles. The molecule has 0 radical (unpaired) electrons. The van der Waals surface area contributed by atoms with Crippen LogP contribution in [0.2, 0.25) is 0 Å². The van der Waals surface area contributed by atoms with Crippen LogP contribution in [0.5, 0.6) is 0 Å². The minimum Gasteiger partial charge on any atom is -0.330 e. The van der Waals surface area contributed by atoms with E-state index in [-0.39, 0.29) is 5.75 Å². The zero-order valence-electron chi connectivity index (χ0n) is 9.93. The molecule has 6 nitrogen and oxygen atoms in total. The molecular weight excluding hydrogens is 230 g/mol. The highest BCUT2D eigenvalue weighted by Gasteiger charge is 2.22. The summed E-state index contributed by atoms with van der Waals surface area (Å²) in [5, 5.41) is 0. The normalized spacial score (nSPS) is 13.0. The Kier molecular flexibility index (Phi) is 7.09. The van der Waals surface area contributed by atoms with Crippen molar-refractivity contribution in [3.8, 4) is 0 Å². The molecule has 0 unspecified atom stereocenters. The molecule has 7 heteroatoms. The van der Waals surface area contributed by atoms with Crippen molar-refractivity contribution in [1.29, 1.82) is 0 Å². The van der Waals surface area contributed by atoms with Gasteiger partial charge >= 0.3 is 0 Å². The second-order valence-corrected chi connectivity index (χ2v) is 5.93.